The number of carbonyl (C=O) groups excluding carboxylic acids is 1. The first-order valence-corrected chi connectivity index (χ1v) is 8.56. The van der Waals surface area contributed by atoms with E-state index in [9.17, 15) is 4.79 Å². The molecule has 0 unspecified atom stereocenters. The van der Waals surface area contributed by atoms with Crippen LogP contribution in [0.5, 0.6) is 17.2 Å². The molecule has 0 spiro atoms. The Morgan fingerprint density at radius 2 is 1.56 bits per heavy atom. The average molecular weight is 365 g/mol. The van der Waals surface area contributed by atoms with E-state index >= 15 is 0 Å². The van der Waals surface area contributed by atoms with E-state index in [1.165, 1.54) is 12.7 Å². The molecule has 3 aromatic rings. The molecule has 0 saturated heterocycles. The van der Waals surface area contributed by atoms with Gasteiger partial charge in [-0.2, -0.15) is 0 Å². The van der Waals surface area contributed by atoms with Gasteiger partial charge in [-0.05, 0) is 30.2 Å². The Balaban J connectivity index is 2.24. The van der Waals surface area contributed by atoms with Gasteiger partial charge < -0.3 is 18.8 Å². The number of carbonyl (C=O) groups is 1. The van der Waals surface area contributed by atoms with E-state index in [0.29, 0.717) is 28.4 Å². The van der Waals surface area contributed by atoms with Crippen LogP contribution in [0.2, 0.25) is 0 Å². The lowest BCUT2D eigenvalue weighted by Gasteiger charge is -2.18. The maximum atomic E-state index is 11.8. The molecule has 1 heterocycles. The summed E-state index contributed by atoms with van der Waals surface area (Å²) >= 11 is 0. The van der Waals surface area contributed by atoms with Crippen molar-refractivity contribution >= 4 is 6.29 Å². The molecule has 0 aliphatic rings. The number of hydrogen-bond acceptors (Lipinski definition) is 4. The van der Waals surface area contributed by atoms with Gasteiger partial charge in [0.2, 0.25) is 5.75 Å². The van der Waals surface area contributed by atoms with Gasteiger partial charge in [-0.25, -0.2) is 0 Å². The fourth-order valence-corrected chi connectivity index (χ4v) is 3.25. The van der Waals surface area contributed by atoms with Crippen molar-refractivity contribution in [2.45, 2.75) is 6.92 Å². The SMILES string of the molecule is COc1cc(C=O)c(-c2cc(-c3ccc(C)cc3)cn2C)c(OC)c1OC. The van der Waals surface area contributed by atoms with E-state index in [-0.39, 0.29) is 0 Å². The number of hydrogen-bond donors (Lipinski definition) is 0. The molecule has 0 bridgehead atoms. The van der Waals surface area contributed by atoms with E-state index < -0.39 is 0 Å². The standard InChI is InChI=1S/C22H23NO4/c1-14-6-8-15(9-7-14)16-10-18(23(2)12-16)20-17(13-24)11-19(25-3)21(26-4)22(20)27-5/h6-13H,1-5H3. The summed E-state index contributed by atoms with van der Waals surface area (Å²) < 4.78 is 18.4. The number of aryl methyl sites for hydroxylation is 2. The van der Waals surface area contributed by atoms with Crippen molar-refractivity contribution in [2.24, 2.45) is 7.05 Å². The Bertz CT molecular complexity index is 971. The number of nitrogens with zero attached hydrogens (tertiary/aromatic N) is 1. The molecular formula is C22H23NO4. The summed E-state index contributed by atoms with van der Waals surface area (Å²) in [4.78, 5) is 11.8. The highest BCUT2D eigenvalue weighted by atomic mass is 16.5. The van der Waals surface area contributed by atoms with Crippen molar-refractivity contribution in [1.29, 1.82) is 0 Å². The molecule has 140 valence electrons. The second-order valence-corrected chi connectivity index (χ2v) is 6.32. The molecule has 0 amide bonds. The quantitative estimate of drug-likeness (QED) is 0.603. The van der Waals surface area contributed by atoms with Crippen LogP contribution in [0.3, 0.4) is 0 Å². The number of rotatable bonds is 6. The van der Waals surface area contributed by atoms with Crippen LogP contribution in [0.1, 0.15) is 15.9 Å². The van der Waals surface area contributed by atoms with Crippen LogP contribution in [-0.2, 0) is 7.05 Å². The lowest BCUT2D eigenvalue weighted by molar-refractivity contribution is 0.112. The Morgan fingerprint density at radius 1 is 0.889 bits per heavy atom. The van der Waals surface area contributed by atoms with Crippen molar-refractivity contribution in [3.8, 4) is 39.6 Å². The fourth-order valence-electron chi connectivity index (χ4n) is 3.25. The second-order valence-electron chi connectivity index (χ2n) is 6.32. The highest BCUT2D eigenvalue weighted by Gasteiger charge is 2.23. The maximum Gasteiger partial charge on any atom is 0.204 e. The van der Waals surface area contributed by atoms with E-state index in [1.54, 1.807) is 20.3 Å². The third-order valence-electron chi connectivity index (χ3n) is 4.63. The van der Waals surface area contributed by atoms with Gasteiger partial charge >= 0.3 is 0 Å². The first kappa shape index (κ1) is 18.6. The normalized spacial score (nSPS) is 10.6. The molecule has 5 heteroatoms. The van der Waals surface area contributed by atoms with Crippen LogP contribution in [0.4, 0.5) is 0 Å². The van der Waals surface area contributed by atoms with E-state index in [1.807, 2.05) is 23.9 Å². The maximum absolute atomic E-state index is 11.8. The van der Waals surface area contributed by atoms with Gasteiger partial charge in [0, 0.05) is 18.8 Å². The smallest absolute Gasteiger partial charge is 0.204 e. The number of methoxy groups -OCH3 is 3. The predicted octanol–water partition coefficient (Wildman–Crippen LogP) is 4.51. The van der Waals surface area contributed by atoms with Crippen LogP contribution in [0.15, 0.2) is 42.6 Å². The van der Waals surface area contributed by atoms with Gasteiger partial charge in [0.25, 0.3) is 0 Å². The minimum atomic E-state index is 0.452. The first-order valence-electron chi connectivity index (χ1n) is 8.56. The van der Waals surface area contributed by atoms with E-state index in [0.717, 1.165) is 23.1 Å². The van der Waals surface area contributed by atoms with Gasteiger partial charge in [-0.1, -0.05) is 29.8 Å². The Labute approximate surface area is 159 Å². The average Bonchev–Trinajstić information content (AvgIpc) is 3.07. The summed E-state index contributed by atoms with van der Waals surface area (Å²) in [6, 6.07) is 12.0. The van der Waals surface area contributed by atoms with Crippen molar-refractivity contribution < 1.29 is 19.0 Å². The summed E-state index contributed by atoms with van der Waals surface area (Å²) in [5, 5.41) is 0. The summed E-state index contributed by atoms with van der Waals surface area (Å²) in [5.74, 6) is 1.38. The van der Waals surface area contributed by atoms with Crippen molar-refractivity contribution in [1.82, 2.24) is 4.57 Å². The summed E-state index contributed by atoms with van der Waals surface area (Å²) in [6.07, 6.45) is 2.84. The van der Waals surface area contributed by atoms with Crippen LogP contribution in [0.25, 0.3) is 22.4 Å². The van der Waals surface area contributed by atoms with Crippen molar-refractivity contribution in [3.63, 3.8) is 0 Å². The molecule has 1 aromatic heterocycles. The topological polar surface area (TPSA) is 49.7 Å². The highest BCUT2D eigenvalue weighted by Crippen LogP contribution is 2.47. The third kappa shape index (κ3) is 3.28. The molecular weight excluding hydrogens is 342 g/mol. The monoisotopic (exact) mass is 365 g/mol. The Hall–Kier alpha value is -3.21. The molecule has 5 nitrogen and oxygen atoms in total. The second kappa shape index (κ2) is 7.58. The van der Waals surface area contributed by atoms with Gasteiger partial charge in [0.1, 0.15) is 0 Å². The molecule has 0 atom stereocenters. The number of aldehydes is 1. The number of aromatic nitrogens is 1. The zero-order valence-corrected chi connectivity index (χ0v) is 16.2. The summed E-state index contributed by atoms with van der Waals surface area (Å²) in [5.41, 5.74) is 5.37. The molecule has 0 saturated carbocycles. The third-order valence-corrected chi connectivity index (χ3v) is 4.63. The lowest BCUT2D eigenvalue weighted by atomic mass is 10.0. The molecule has 3 rings (SSSR count). The zero-order valence-electron chi connectivity index (χ0n) is 16.2. The molecule has 27 heavy (non-hydrogen) atoms. The minimum absolute atomic E-state index is 0.452. The first-order chi connectivity index (χ1) is 13.0. The number of benzene rings is 2. The molecule has 0 radical (unpaired) electrons. The molecule has 2 aromatic carbocycles. The predicted molar refractivity (Wildman–Crippen MR) is 106 cm³/mol. The summed E-state index contributed by atoms with van der Waals surface area (Å²) in [6.45, 7) is 2.06. The lowest BCUT2D eigenvalue weighted by Crippen LogP contribution is -2.02. The van der Waals surface area contributed by atoms with Crippen LogP contribution in [-0.4, -0.2) is 32.2 Å². The minimum Gasteiger partial charge on any atom is -0.493 e. The van der Waals surface area contributed by atoms with E-state index in [4.69, 9.17) is 14.2 Å². The van der Waals surface area contributed by atoms with Crippen molar-refractivity contribution in [3.05, 3.63) is 53.7 Å². The molecule has 0 fully saturated rings. The van der Waals surface area contributed by atoms with Gasteiger partial charge in [0.15, 0.2) is 17.8 Å². The highest BCUT2D eigenvalue weighted by molar-refractivity contribution is 5.93. The number of ether oxygens (including phenoxy) is 3. The van der Waals surface area contributed by atoms with Crippen molar-refractivity contribution in [2.75, 3.05) is 21.3 Å². The van der Waals surface area contributed by atoms with Gasteiger partial charge in [-0.3, -0.25) is 4.79 Å². The zero-order chi connectivity index (χ0) is 19.6. The largest absolute Gasteiger partial charge is 0.493 e. The van der Waals surface area contributed by atoms with Crippen LogP contribution in [0, 0.1) is 6.92 Å². The molecule has 0 N–H and O–H groups in total. The van der Waals surface area contributed by atoms with Gasteiger partial charge in [0.05, 0.1) is 32.6 Å². The molecule has 0 aliphatic carbocycles. The molecule has 0 aliphatic heterocycles. The Kier molecular flexibility index (Phi) is 5.21. The van der Waals surface area contributed by atoms with Gasteiger partial charge in [-0.15, -0.1) is 0 Å². The Morgan fingerprint density at radius 3 is 2.11 bits per heavy atom. The summed E-state index contributed by atoms with van der Waals surface area (Å²) in [7, 11) is 6.58. The van der Waals surface area contributed by atoms with Crippen LogP contribution < -0.4 is 14.2 Å². The fraction of sp³-hybridized carbons (Fsp3) is 0.227. The van der Waals surface area contributed by atoms with E-state index in [2.05, 4.69) is 31.2 Å². The van der Waals surface area contributed by atoms with Crippen LogP contribution >= 0.6 is 0 Å².